The molecule has 2 fully saturated rings. The van der Waals surface area contributed by atoms with Crippen LogP contribution in [0.1, 0.15) is 53.9 Å². The van der Waals surface area contributed by atoms with Crippen molar-refractivity contribution in [2.24, 2.45) is 17.8 Å². The van der Waals surface area contributed by atoms with E-state index in [9.17, 15) is 9.59 Å². The van der Waals surface area contributed by atoms with Crippen LogP contribution in [0.5, 0.6) is 0 Å². The first-order valence-electron chi connectivity index (χ1n) is 9.10. The van der Waals surface area contributed by atoms with Crippen LogP contribution in [0.25, 0.3) is 0 Å². The molecular weight excluding hydrogens is 368 g/mol. The maximum absolute atomic E-state index is 12.7. The Bertz CT molecular complexity index is 802. The Morgan fingerprint density at radius 1 is 1.12 bits per heavy atom. The Hall–Kier alpha value is -1.80. The predicted molar refractivity (Wildman–Crippen MR) is 104 cm³/mol. The van der Waals surface area contributed by atoms with Crippen LogP contribution in [0, 0.1) is 24.7 Å². The lowest BCUT2D eigenvalue weighted by molar-refractivity contribution is -0.119. The molecule has 2 atom stereocenters. The van der Waals surface area contributed by atoms with Crippen molar-refractivity contribution in [2.45, 2.75) is 45.4 Å². The number of amides is 2. The molecule has 0 aliphatic heterocycles. The standard InChI is InChI=1S/C18H22N4O2S2/c1-10-21-22-18(26-10)20-16(24)14-6-7-25-17(14)19-15(23)13-8-11-4-2-3-5-12(11)9-13/h6-7,11-13H,2-5,8-9H2,1H3,(H,19,23)(H,20,22,24). The van der Waals surface area contributed by atoms with Crippen molar-refractivity contribution in [1.82, 2.24) is 10.2 Å². The topological polar surface area (TPSA) is 84.0 Å². The van der Waals surface area contributed by atoms with Crippen LogP contribution in [0.2, 0.25) is 0 Å². The lowest BCUT2D eigenvalue weighted by Crippen LogP contribution is -2.22. The number of thiophene rings is 1. The minimum absolute atomic E-state index is 0.0580. The third-order valence-electron chi connectivity index (χ3n) is 5.50. The zero-order chi connectivity index (χ0) is 18.1. The molecule has 0 radical (unpaired) electrons. The van der Waals surface area contributed by atoms with E-state index in [2.05, 4.69) is 20.8 Å². The number of carbonyl (C=O) groups excluding carboxylic acids is 2. The number of nitrogens with one attached hydrogen (secondary N) is 2. The van der Waals surface area contributed by atoms with Crippen molar-refractivity contribution in [3.05, 3.63) is 22.0 Å². The van der Waals surface area contributed by atoms with Gasteiger partial charge in [-0.1, -0.05) is 37.0 Å². The Morgan fingerprint density at radius 2 is 1.85 bits per heavy atom. The van der Waals surface area contributed by atoms with Crippen molar-refractivity contribution in [3.8, 4) is 0 Å². The fraction of sp³-hybridized carbons (Fsp3) is 0.556. The molecule has 2 unspecified atom stereocenters. The number of hydrogen-bond acceptors (Lipinski definition) is 6. The van der Waals surface area contributed by atoms with E-state index in [1.807, 2.05) is 12.3 Å². The maximum atomic E-state index is 12.7. The zero-order valence-electron chi connectivity index (χ0n) is 14.7. The second-order valence-electron chi connectivity index (χ2n) is 7.21. The molecule has 2 N–H and O–H groups in total. The molecule has 0 aromatic carbocycles. The van der Waals surface area contributed by atoms with Crippen molar-refractivity contribution < 1.29 is 9.59 Å². The molecule has 2 aromatic heterocycles. The number of aryl methyl sites for hydroxylation is 1. The van der Waals surface area contributed by atoms with E-state index < -0.39 is 0 Å². The fourth-order valence-electron chi connectivity index (χ4n) is 4.26. The molecule has 2 aliphatic carbocycles. The number of nitrogens with zero attached hydrogens (tertiary/aromatic N) is 2. The summed E-state index contributed by atoms with van der Waals surface area (Å²) in [6.45, 7) is 1.84. The quantitative estimate of drug-likeness (QED) is 0.814. The molecule has 2 amide bonds. The highest BCUT2D eigenvalue weighted by atomic mass is 32.1. The Kier molecular flexibility index (Phi) is 5.04. The zero-order valence-corrected chi connectivity index (χ0v) is 16.3. The van der Waals surface area contributed by atoms with Gasteiger partial charge in [-0.15, -0.1) is 21.5 Å². The van der Waals surface area contributed by atoms with E-state index in [0.29, 0.717) is 27.5 Å². The molecule has 0 saturated heterocycles. The molecule has 138 valence electrons. The predicted octanol–water partition coefficient (Wildman–Crippen LogP) is 4.32. The molecular formula is C18H22N4O2S2. The summed E-state index contributed by atoms with van der Waals surface area (Å²) in [6, 6.07) is 1.73. The van der Waals surface area contributed by atoms with Crippen LogP contribution in [-0.4, -0.2) is 22.0 Å². The Morgan fingerprint density at radius 3 is 2.50 bits per heavy atom. The molecule has 2 aromatic rings. The highest BCUT2D eigenvalue weighted by Crippen LogP contribution is 2.45. The van der Waals surface area contributed by atoms with Crippen molar-refractivity contribution in [3.63, 3.8) is 0 Å². The smallest absolute Gasteiger partial charge is 0.260 e. The molecule has 8 heteroatoms. The number of hydrogen-bond donors (Lipinski definition) is 2. The van der Waals surface area contributed by atoms with Crippen molar-refractivity contribution in [2.75, 3.05) is 10.6 Å². The second-order valence-corrected chi connectivity index (χ2v) is 9.30. The Balaban J connectivity index is 1.40. The lowest BCUT2D eigenvalue weighted by atomic mass is 9.82. The summed E-state index contributed by atoms with van der Waals surface area (Å²) in [5, 5.41) is 17.3. The number of rotatable bonds is 4. The second kappa shape index (κ2) is 7.44. The first-order valence-corrected chi connectivity index (χ1v) is 10.8. The normalized spacial score (nSPS) is 24.9. The van der Waals surface area contributed by atoms with Crippen LogP contribution < -0.4 is 10.6 Å². The van der Waals surface area contributed by atoms with Gasteiger partial charge in [0.05, 0.1) is 5.56 Å². The van der Waals surface area contributed by atoms with Gasteiger partial charge < -0.3 is 5.32 Å². The van der Waals surface area contributed by atoms with Crippen molar-refractivity contribution in [1.29, 1.82) is 0 Å². The summed E-state index contributed by atoms with van der Waals surface area (Å²) in [5.41, 5.74) is 0.478. The van der Waals surface area contributed by atoms with Crippen molar-refractivity contribution >= 4 is 44.6 Å². The van der Waals surface area contributed by atoms with Crippen LogP contribution in [-0.2, 0) is 4.79 Å². The van der Waals surface area contributed by atoms with Gasteiger partial charge in [0.15, 0.2) is 0 Å². The van der Waals surface area contributed by atoms with E-state index in [1.54, 1.807) is 6.07 Å². The van der Waals surface area contributed by atoms with Gasteiger partial charge in [-0.25, -0.2) is 0 Å². The molecule has 2 saturated carbocycles. The summed E-state index contributed by atoms with van der Waals surface area (Å²) in [4.78, 5) is 25.2. The molecule has 6 nitrogen and oxygen atoms in total. The number of carbonyl (C=O) groups is 2. The summed E-state index contributed by atoms with van der Waals surface area (Å²) >= 11 is 2.71. The summed E-state index contributed by atoms with van der Waals surface area (Å²) in [7, 11) is 0. The van der Waals surface area contributed by atoms with Gasteiger partial charge in [0.1, 0.15) is 10.0 Å². The molecule has 26 heavy (non-hydrogen) atoms. The average molecular weight is 391 g/mol. The SMILES string of the molecule is Cc1nnc(NC(=O)c2ccsc2NC(=O)C2CC3CCCCC3C2)s1. The number of fused-ring (bicyclic) bond motifs is 1. The highest BCUT2D eigenvalue weighted by molar-refractivity contribution is 7.15. The largest absolute Gasteiger partial charge is 0.317 e. The van der Waals surface area contributed by atoms with Gasteiger partial charge in [0.25, 0.3) is 5.91 Å². The van der Waals surface area contributed by atoms with Crippen LogP contribution >= 0.6 is 22.7 Å². The number of anilines is 2. The first-order chi connectivity index (χ1) is 12.6. The van der Waals surface area contributed by atoms with E-state index in [-0.39, 0.29) is 17.7 Å². The minimum atomic E-state index is -0.266. The lowest BCUT2D eigenvalue weighted by Gasteiger charge is -2.24. The number of aromatic nitrogens is 2. The van der Waals surface area contributed by atoms with Crippen LogP contribution in [0.15, 0.2) is 11.4 Å². The van der Waals surface area contributed by atoms with Gasteiger partial charge in [0, 0.05) is 5.92 Å². The summed E-state index contributed by atoms with van der Waals surface area (Å²) in [6.07, 6.45) is 7.12. The van der Waals surface area contributed by atoms with E-state index in [0.717, 1.165) is 17.8 Å². The van der Waals surface area contributed by atoms with E-state index in [1.165, 1.54) is 48.4 Å². The van der Waals surface area contributed by atoms with E-state index in [4.69, 9.17) is 0 Å². The van der Waals surface area contributed by atoms with Gasteiger partial charge in [-0.3, -0.25) is 14.9 Å². The van der Waals surface area contributed by atoms with Crippen LogP contribution in [0.3, 0.4) is 0 Å². The molecule has 2 heterocycles. The van der Waals surface area contributed by atoms with Gasteiger partial charge in [-0.2, -0.15) is 0 Å². The fourth-order valence-corrected chi connectivity index (χ4v) is 5.63. The molecule has 0 bridgehead atoms. The molecule has 0 spiro atoms. The van der Waals surface area contributed by atoms with Crippen LogP contribution in [0.4, 0.5) is 10.1 Å². The first kappa shape index (κ1) is 17.6. The Labute approximate surface area is 160 Å². The average Bonchev–Trinajstić information content (AvgIpc) is 3.34. The summed E-state index contributed by atoms with van der Waals surface area (Å²) < 4.78 is 0. The van der Waals surface area contributed by atoms with E-state index >= 15 is 0 Å². The monoisotopic (exact) mass is 390 g/mol. The van der Waals surface area contributed by atoms with Gasteiger partial charge in [0.2, 0.25) is 11.0 Å². The van der Waals surface area contributed by atoms with Gasteiger partial charge in [-0.05, 0) is 43.0 Å². The third kappa shape index (κ3) is 3.66. The summed E-state index contributed by atoms with van der Waals surface area (Å²) in [5.74, 6) is 1.30. The minimum Gasteiger partial charge on any atom is -0.317 e. The highest BCUT2D eigenvalue weighted by Gasteiger charge is 2.39. The third-order valence-corrected chi connectivity index (χ3v) is 7.09. The maximum Gasteiger partial charge on any atom is 0.260 e. The van der Waals surface area contributed by atoms with Gasteiger partial charge >= 0.3 is 0 Å². The molecule has 4 rings (SSSR count). The molecule has 2 aliphatic rings.